The van der Waals surface area contributed by atoms with Gasteiger partial charge in [-0.1, -0.05) is 19.8 Å². The van der Waals surface area contributed by atoms with E-state index < -0.39 is 0 Å². The van der Waals surface area contributed by atoms with E-state index in [1.54, 1.807) is 0 Å². The van der Waals surface area contributed by atoms with E-state index in [9.17, 15) is 0 Å². The van der Waals surface area contributed by atoms with E-state index >= 15 is 0 Å². The molecule has 0 saturated heterocycles. The van der Waals surface area contributed by atoms with Crippen LogP contribution in [0.1, 0.15) is 51.1 Å². The Morgan fingerprint density at radius 2 is 2.22 bits per heavy atom. The summed E-state index contributed by atoms with van der Waals surface area (Å²) in [6.45, 7) is 4.37. The molecule has 0 amide bonds. The molecule has 2 unspecified atom stereocenters. The molecule has 1 heterocycles. The molecular weight excluding hydrogens is 222 g/mol. The third-order valence-corrected chi connectivity index (χ3v) is 4.11. The van der Waals surface area contributed by atoms with Crippen LogP contribution < -0.4 is 10.6 Å². The number of hydrogen-bond acceptors (Lipinski definition) is 3. The first kappa shape index (κ1) is 13.3. The highest BCUT2D eigenvalue weighted by atomic mass is 15.2. The molecule has 1 aromatic rings. The zero-order valence-corrected chi connectivity index (χ0v) is 11.8. The van der Waals surface area contributed by atoms with E-state index in [1.807, 2.05) is 19.2 Å². The Morgan fingerprint density at radius 1 is 1.44 bits per heavy atom. The smallest absolute Gasteiger partial charge is 0.128 e. The summed E-state index contributed by atoms with van der Waals surface area (Å²) in [5, 5.41) is 0. The average molecular weight is 247 g/mol. The summed E-state index contributed by atoms with van der Waals surface area (Å²) < 4.78 is 0. The van der Waals surface area contributed by atoms with Gasteiger partial charge >= 0.3 is 0 Å². The molecule has 0 bridgehead atoms. The molecule has 0 aromatic carbocycles. The van der Waals surface area contributed by atoms with Crippen molar-refractivity contribution in [3.05, 3.63) is 23.9 Å². The Labute approximate surface area is 110 Å². The first-order valence-electron chi connectivity index (χ1n) is 7.02. The van der Waals surface area contributed by atoms with Gasteiger partial charge in [0.15, 0.2) is 0 Å². The zero-order valence-electron chi connectivity index (χ0n) is 11.8. The lowest BCUT2D eigenvalue weighted by Crippen LogP contribution is -2.36. The molecule has 0 aliphatic heterocycles. The second kappa shape index (κ2) is 5.70. The van der Waals surface area contributed by atoms with E-state index in [0.29, 0.717) is 6.04 Å². The van der Waals surface area contributed by atoms with Crippen LogP contribution in [0.4, 0.5) is 5.82 Å². The second-order valence-corrected chi connectivity index (χ2v) is 5.77. The van der Waals surface area contributed by atoms with E-state index in [2.05, 4.69) is 29.9 Å². The van der Waals surface area contributed by atoms with Gasteiger partial charge in [-0.05, 0) is 43.4 Å². The topological polar surface area (TPSA) is 42.1 Å². The van der Waals surface area contributed by atoms with Gasteiger partial charge in [0.2, 0.25) is 0 Å². The van der Waals surface area contributed by atoms with E-state index in [0.717, 1.165) is 17.3 Å². The number of rotatable bonds is 3. The minimum Gasteiger partial charge on any atom is -0.357 e. The lowest BCUT2D eigenvalue weighted by atomic mass is 9.86. The maximum atomic E-state index is 5.94. The molecule has 18 heavy (non-hydrogen) atoms. The fourth-order valence-electron chi connectivity index (χ4n) is 2.85. The van der Waals surface area contributed by atoms with E-state index in [1.165, 1.54) is 25.7 Å². The second-order valence-electron chi connectivity index (χ2n) is 5.77. The minimum absolute atomic E-state index is 0.0745. The zero-order chi connectivity index (χ0) is 13.1. The van der Waals surface area contributed by atoms with Crippen LogP contribution in [-0.4, -0.2) is 18.1 Å². The molecule has 2 rings (SSSR count). The van der Waals surface area contributed by atoms with Crippen molar-refractivity contribution in [2.75, 3.05) is 11.9 Å². The number of anilines is 1. The van der Waals surface area contributed by atoms with Gasteiger partial charge in [-0.3, -0.25) is 0 Å². The maximum absolute atomic E-state index is 5.94. The summed E-state index contributed by atoms with van der Waals surface area (Å²) in [4.78, 5) is 6.83. The molecule has 1 aliphatic carbocycles. The van der Waals surface area contributed by atoms with Crippen molar-refractivity contribution < 1.29 is 0 Å². The fraction of sp³-hybridized carbons (Fsp3) is 0.667. The maximum Gasteiger partial charge on any atom is 0.128 e. The molecule has 3 heteroatoms. The van der Waals surface area contributed by atoms with Gasteiger partial charge in [-0.25, -0.2) is 4.98 Å². The van der Waals surface area contributed by atoms with Crippen LogP contribution in [0.3, 0.4) is 0 Å². The van der Waals surface area contributed by atoms with Crippen LogP contribution in [0, 0.1) is 5.92 Å². The number of nitrogens with zero attached hydrogens (tertiary/aromatic N) is 2. The highest BCUT2D eigenvalue weighted by molar-refractivity contribution is 5.42. The van der Waals surface area contributed by atoms with Crippen molar-refractivity contribution in [1.29, 1.82) is 0 Å². The summed E-state index contributed by atoms with van der Waals surface area (Å²) >= 11 is 0. The van der Waals surface area contributed by atoms with Crippen LogP contribution in [0.5, 0.6) is 0 Å². The molecule has 0 spiro atoms. The van der Waals surface area contributed by atoms with Crippen LogP contribution in [0.15, 0.2) is 18.3 Å². The lowest BCUT2D eigenvalue weighted by molar-refractivity contribution is 0.335. The molecule has 0 radical (unpaired) electrons. The largest absolute Gasteiger partial charge is 0.357 e. The average Bonchev–Trinajstić information content (AvgIpc) is 2.38. The van der Waals surface area contributed by atoms with Gasteiger partial charge in [-0.2, -0.15) is 0 Å². The molecule has 100 valence electrons. The number of aromatic nitrogens is 1. The number of nitrogens with two attached hydrogens (primary N) is 1. The van der Waals surface area contributed by atoms with Crippen LogP contribution >= 0.6 is 0 Å². The van der Waals surface area contributed by atoms with Gasteiger partial charge < -0.3 is 10.6 Å². The Balaban J connectivity index is 2.12. The predicted octanol–water partition coefficient (Wildman–Crippen LogP) is 3.12. The van der Waals surface area contributed by atoms with Gasteiger partial charge in [0, 0.05) is 25.3 Å². The molecule has 1 saturated carbocycles. The summed E-state index contributed by atoms with van der Waals surface area (Å²) in [5.74, 6) is 1.90. The molecular formula is C15H25N3. The highest BCUT2D eigenvalue weighted by Crippen LogP contribution is 2.29. The third-order valence-electron chi connectivity index (χ3n) is 4.11. The van der Waals surface area contributed by atoms with Crippen molar-refractivity contribution >= 4 is 5.82 Å². The van der Waals surface area contributed by atoms with Gasteiger partial charge in [0.05, 0.1) is 0 Å². The fourth-order valence-corrected chi connectivity index (χ4v) is 2.85. The standard InChI is InChI=1S/C15H25N3/c1-11-5-4-6-14(9-11)18(3)15-10-13(12(2)16)7-8-17-15/h7-8,10-12,14H,4-6,9,16H2,1-3H3/t11?,12-,14?/m0/s1. The summed E-state index contributed by atoms with van der Waals surface area (Å²) in [7, 11) is 2.16. The number of pyridine rings is 1. The Morgan fingerprint density at radius 3 is 2.89 bits per heavy atom. The van der Waals surface area contributed by atoms with Crippen molar-refractivity contribution in [3.8, 4) is 0 Å². The van der Waals surface area contributed by atoms with Gasteiger partial charge in [0.1, 0.15) is 5.82 Å². The SMILES string of the molecule is CC1CCCC(N(C)c2cc([C@H](C)N)ccn2)C1. The monoisotopic (exact) mass is 247 g/mol. The summed E-state index contributed by atoms with van der Waals surface area (Å²) in [5.41, 5.74) is 7.10. The van der Waals surface area contributed by atoms with E-state index in [4.69, 9.17) is 5.73 Å². The summed E-state index contributed by atoms with van der Waals surface area (Å²) in [6.07, 6.45) is 7.14. The van der Waals surface area contributed by atoms with Gasteiger partial charge in [0.25, 0.3) is 0 Å². The first-order valence-corrected chi connectivity index (χ1v) is 7.02. The Bertz CT molecular complexity index is 389. The molecule has 1 aromatic heterocycles. The minimum atomic E-state index is 0.0745. The highest BCUT2D eigenvalue weighted by Gasteiger charge is 2.23. The first-order chi connectivity index (χ1) is 8.58. The normalized spacial score (nSPS) is 25.8. The summed E-state index contributed by atoms with van der Waals surface area (Å²) in [6, 6.07) is 4.84. The molecule has 1 fully saturated rings. The Hall–Kier alpha value is -1.09. The Kier molecular flexibility index (Phi) is 4.23. The third kappa shape index (κ3) is 3.02. The van der Waals surface area contributed by atoms with Crippen molar-refractivity contribution in [1.82, 2.24) is 4.98 Å². The molecule has 3 atom stereocenters. The van der Waals surface area contributed by atoms with Crippen LogP contribution in [0.2, 0.25) is 0 Å². The van der Waals surface area contributed by atoms with Crippen molar-refractivity contribution in [2.45, 2.75) is 51.6 Å². The van der Waals surface area contributed by atoms with Crippen LogP contribution in [0.25, 0.3) is 0 Å². The van der Waals surface area contributed by atoms with Gasteiger partial charge in [-0.15, -0.1) is 0 Å². The van der Waals surface area contributed by atoms with E-state index in [-0.39, 0.29) is 6.04 Å². The van der Waals surface area contributed by atoms with Crippen molar-refractivity contribution in [2.24, 2.45) is 11.7 Å². The molecule has 2 N–H and O–H groups in total. The molecule has 1 aliphatic rings. The predicted molar refractivity (Wildman–Crippen MR) is 76.7 cm³/mol. The number of hydrogen-bond donors (Lipinski definition) is 1. The lowest BCUT2D eigenvalue weighted by Gasteiger charge is -2.35. The quantitative estimate of drug-likeness (QED) is 0.892. The molecule has 3 nitrogen and oxygen atoms in total. The van der Waals surface area contributed by atoms with Crippen molar-refractivity contribution in [3.63, 3.8) is 0 Å². The van der Waals surface area contributed by atoms with Crippen LogP contribution in [-0.2, 0) is 0 Å².